The number of carbonyl (C=O) groups excluding carboxylic acids is 3. The van der Waals surface area contributed by atoms with Gasteiger partial charge in [-0.1, -0.05) is 54.2 Å². The van der Waals surface area contributed by atoms with Crippen molar-refractivity contribution in [2.45, 2.75) is 70.9 Å². The fourth-order valence-corrected chi connectivity index (χ4v) is 5.16. The highest BCUT2D eigenvalue weighted by molar-refractivity contribution is 9.10. The SMILES string of the molecule is CC[C@H](C(=O)c1ccc(Br)cc1)[C@@H]1[C@H](C(=O)NC2CCCCC2)C(=O)OC1(C)C. The zero-order chi connectivity index (χ0) is 21.2. The zero-order valence-electron chi connectivity index (χ0n) is 17.4. The Morgan fingerprint density at radius 1 is 1.17 bits per heavy atom. The number of amides is 1. The largest absolute Gasteiger partial charge is 0.459 e. The summed E-state index contributed by atoms with van der Waals surface area (Å²) in [6, 6.07) is 7.31. The predicted octanol–water partition coefficient (Wildman–Crippen LogP) is 4.67. The molecule has 2 aliphatic rings. The number of carbonyl (C=O) groups is 3. The van der Waals surface area contributed by atoms with Crippen LogP contribution in [0.15, 0.2) is 28.7 Å². The standard InChI is InChI=1S/C23H30BrNO4/c1-4-17(20(26)14-10-12-15(24)13-11-14)19-18(22(28)29-23(19,2)3)21(27)25-16-8-6-5-7-9-16/h10-13,16-19H,4-9H2,1-3H3,(H,25,27)/t17-,18+,19+/m0/s1. The normalized spacial score (nSPS) is 25.3. The molecule has 158 valence electrons. The van der Waals surface area contributed by atoms with Gasteiger partial charge in [-0.25, -0.2) is 0 Å². The molecule has 3 rings (SSSR count). The maximum Gasteiger partial charge on any atom is 0.319 e. The number of ketones is 1. The molecule has 0 spiro atoms. The molecule has 29 heavy (non-hydrogen) atoms. The van der Waals surface area contributed by atoms with Crippen molar-refractivity contribution in [2.24, 2.45) is 17.8 Å². The second-order valence-electron chi connectivity index (χ2n) is 8.76. The number of benzene rings is 1. The van der Waals surface area contributed by atoms with Gasteiger partial charge in [0.05, 0.1) is 0 Å². The van der Waals surface area contributed by atoms with Crippen molar-refractivity contribution in [2.75, 3.05) is 0 Å². The van der Waals surface area contributed by atoms with E-state index >= 15 is 0 Å². The van der Waals surface area contributed by atoms with E-state index in [1.54, 1.807) is 26.0 Å². The summed E-state index contributed by atoms with van der Waals surface area (Å²) in [7, 11) is 0. The quantitative estimate of drug-likeness (QED) is 0.377. The minimum Gasteiger partial charge on any atom is -0.459 e. The van der Waals surface area contributed by atoms with Crippen LogP contribution in [0.25, 0.3) is 0 Å². The van der Waals surface area contributed by atoms with Crippen LogP contribution in [0.5, 0.6) is 0 Å². The molecule has 0 aromatic heterocycles. The molecule has 2 fully saturated rings. The Balaban J connectivity index is 1.86. The number of rotatable bonds is 6. The van der Waals surface area contributed by atoms with E-state index < -0.39 is 29.3 Å². The fourth-order valence-electron chi connectivity index (χ4n) is 4.89. The third kappa shape index (κ3) is 4.73. The Bertz CT molecular complexity index is 768. The fraction of sp³-hybridized carbons (Fsp3) is 0.609. The van der Waals surface area contributed by atoms with E-state index in [2.05, 4.69) is 21.2 Å². The lowest BCUT2D eigenvalue weighted by atomic mass is 9.70. The second kappa shape index (κ2) is 8.99. The summed E-state index contributed by atoms with van der Waals surface area (Å²) in [5.41, 5.74) is -0.293. The van der Waals surface area contributed by atoms with Crippen molar-refractivity contribution >= 4 is 33.6 Å². The molecule has 1 aromatic rings. The van der Waals surface area contributed by atoms with Gasteiger partial charge in [-0.3, -0.25) is 14.4 Å². The molecule has 1 saturated carbocycles. The first-order chi connectivity index (χ1) is 13.7. The van der Waals surface area contributed by atoms with E-state index in [0.29, 0.717) is 12.0 Å². The number of hydrogen-bond acceptors (Lipinski definition) is 4. The molecule has 0 unspecified atom stereocenters. The Hall–Kier alpha value is -1.69. The van der Waals surface area contributed by atoms with Crippen molar-refractivity contribution < 1.29 is 19.1 Å². The minimum absolute atomic E-state index is 0.0492. The minimum atomic E-state index is -0.948. The van der Waals surface area contributed by atoms with E-state index in [1.165, 1.54) is 6.42 Å². The maximum atomic E-state index is 13.3. The third-order valence-corrected chi connectivity index (χ3v) is 6.88. The summed E-state index contributed by atoms with van der Waals surface area (Å²) in [6.45, 7) is 5.54. The number of hydrogen-bond donors (Lipinski definition) is 1. The van der Waals surface area contributed by atoms with Crippen LogP contribution in [-0.4, -0.2) is 29.3 Å². The Morgan fingerprint density at radius 2 is 1.79 bits per heavy atom. The number of Topliss-reactive ketones (excluding diaryl/α,β-unsaturated/α-hetero) is 1. The summed E-state index contributed by atoms with van der Waals surface area (Å²) in [6.07, 6.45) is 5.79. The first kappa shape index (κ1) is 22.0. The van der Waals surface area contributed by atoms with Gasteiger partial charge in [-0.05, 0) is 45.2 Å². The van der Waals surface area contributed by atoms with Crippen LogP contribution in [-0.2, 0) is 14.3 Å². The van der Waals surface area contributed by atoms with Gasteiger partial charge in [0.25, 0.3) is 0 Å². The van der Waals surface area contributed by atoms with Crippen LogP contribution in [0, 0.1) is 17.8 Å². The lowest BCUT2D eigenvalue weighted by Crippen LogP contribution is -2.47. The van der Waals surface area contributed by atoms with Crippen molar-refractivity contribution in [3.05, 3.63) is 34.3 Å². The average molecular weight is 464 g/mol. The molecule has 1 aliphatic carbocycles. The van der Waals surface area contributed by atoms with E-state index in [4.69, 9.17) is 4.74 Å². The van der Waals surface area contributed by atoms with Gasteiger partial charge >= 0.3 is 5.97 Å². The number of halogens is 1. The third-order valence-electron chi connectivity index (χ3n) is 6.35. The Labute approximate surface area is 181 Å². The van der Waals surface area contributed by atoms with Crippen molar-refractivity contribution in [1.29, 1.82) is 0 Å². The van der Waals surface area contributed by atoms with E-state index in [1.807, 2.05) is 19.1 Å². The van der Waals surface area contributed by atoms with Crippen LogP contribution in [0.2, 0.25) is 0 Å². The summed E-state index contributed by atoms with van der Waals surface area (Å²) in [4.78, 5) is 39.1. The zero-order valence-corrected chi connectivity index (χ0v) is 19.0. The van der Waals surface area contributed by atoms with Crippen LogP contribution >= 0.6 is 15.9 Å². The highest BCUT2D eigenvalue weighted by atomic mass is 79.9. The van der Waals surface area contributed by atoms with E-state index in [9.17, 15) is 14.4 Å². The molecular formula is C23H30BrNO4. The smallest absolute Gasteiger partial charge is 0.319 e. The molecule has 5 nitrogen and oxygen atoms in total. The lowest BCUT2D eigenvalue weighted by Gasteiger charge is -2.33. The summed E-state index contributed by atoms with van der Waals surface area (Å²) in [5, 5.41) is 3.07. The van der Waals surface area contributed by atoms with Gasteiger partial charge in [-0.15, -0.1) is 0 Å². The van der Waals surface area contributed by atoms with Crippen molar-refractivity contribution in [3.63, 3.8) is 0 Å². The predicted molar refractivity (Wildman–Crippen MR) is 114 cm³/mol. The van der Waals surface area contributed by atoms with Gasteiger partial charge in [0.1, 0.15) is 11.5 Å². The number of nitrogens with one attached hydrogen (secondary N) is 1. The molecule has 6 heteroatoms. The average Bonchev–Trinajstić information content (AvgIpc) is 2.92. The molecule has 3 atom stereocenters. The first-order valence-corrected chi connectivity index (χ1v) is 11.4. The molecule has 1 N–H and O–H groups in total. The van der Waals surface area contributed by atoms with Crippen LogP contribution < -0.4 is 5.32 Å². The first-order valence-electron chi connectivity index (χ1n) is 10.6. The monoisotopic (exact) mass is 463 g/mol. The highest BCUT2D eigenvalue weighted by Crippen LogP contribution is 2.44. The van der Waals surface area contributed by atoms with Crippen LogP contribution in [0.4, 0.5) is 0 Å². The maximum absolute atomic E-state index is 13.3. The molecule has 0 bridgehead atoms. The van der Waals surface area contributed by atoms with Crippen LogP contribution in [0.1, 0.15) is 69.7 Å². The number of esters is 1. The summed E-state index contributed by atoms with van der Waals surface area (Å²) < 4.78 is 6.51. The number of ether oxygens (including phenoxy) is 1. The molecule has 1 heterocycles. The molecule has 0 radical (unpaired) electrons. The van der Waals surface area contributed by atoms with Gasteiger partial charge < -0.3 is 10.1 Å². The molecule has 1 amide bonds. The van der Waals surface area contributed by atoms with Gasteiger partial charge in [0, 0.05) is 27.9 Å². The van der Waals surface area contributed by atoms with Crippen molar-refractivity contribution in [3.8, 4) is 0 Å². The van der Waals surface area contributed by atoms with Crippen molar-refractivity contribution in [1.82, 2.24) is 5.32 Å². The molecule has 1 saturated heterocycles. The summed E-state index contributed by atoms with van der Waals surface area (Å²) >= 11 is 3.39. The van der Waals surface area contributed by atoms with E-state index in [-0.39, 0.29) is 17.7 Å². The number of cyclic esters (lactones) is 1. The second-order valence-corrected chi connectivity index (χ2v) is 9.67. The molecule has 1 aromatic carbocycles. The van der Waals surface area contributed by atoms with Crippen LogP contribution in [0.3, 0.4) is 0 Å². The summed E-state index contributed by atoms with van der Waals surface area (Å²) in [5.74, 6) is -2.78. The highest BCUT2D eigenvalue weighted by Gasteiger charge is 2.57. The van der Waals surface area contributed by atoms with Gasteiger partial charge in [0.2, 0.25) is 5.91 Å². The Kier molecular flexibility index (Phi) is 6.82. The lowest BCUT2D eigenvalue weighted by molar-refractivity contribution is -0.150. The van der Waals surface area contributed by atoms with Gasteiger partial charge in [0.15, 0.2) is 5.78 Å². The van der Waals surface area contributed by atoms with Gasteiger partial charge in [-0.2, -0.15) is 0 Å². The molecule has 1 aliphatic heterocycles. The van der Waals surface area contributed by atoms with E-state index in [0.717, 1.165) is 30.2 Å². The molecular weight excluding hydrogens is 434 g/mol. The topological polar surface area (TPSA) is 72.5 Å². The Morgan fingerprint density at radius 3 is 2.38 bits per heavy atom.